The minimum absolute atomic E-state index is 0.0147. The number of fused-ring (bicyclic) bond motifs is 5. The molecule has 4 aliphatic carbocycles. The third kappa shape index (κ3) is 4.23. The van der Waals surface area contributed by atoms with E-state index < -0.39 is 0 Å². The van der Waals surface area contributed by atoms with Gasteiger partial charge in [-0.2, -0.15) is 0 Å². The lowest BCUT2D eigenvalue weighted by atomic mass is 9.48. The summed E-state index contributed by atoms with van der Waals surface area (Å²) in [7, 11) is 0. The fraction of sp³-hybridized carbons (Fsp3) is 0.862. The number of esters is 1. The molecule has 1 saturated heterocycles. The average molecular weight is 456 g/mol. The van der Waals surface area contributed by atoms with Crippen LogP contribution >= 0.6 is 0 Å². The van der Waals surface area contributed by atoms with E-state index in [-0.39, 0.29) is 22.9 Å². The Bertz CT molecular complexity index is 831. The molecular formula is C29H45NO3. The van der Waals surface area contributed by atoms with Crippen molar-refractivity contribution in [1.82, 2.24) is 4.90 Å². The summed E-state index contributed by atoms with van der Waals surface area (Å²) in [4.78, 5) is 27.7. The number of likely N-dealkylation sites (tertiary alicyclic amines) is 1. The van der Waals surface area contributed by atoms with Crippen LogP contribution in [0.2, 0.25) is 0 Å². The van der Waals surface area contributed by atoms with Gasteiger partial charge in [0.25, 0.3) is 0 Å². The van der Waals surface area contributed by atoms with Crippen LogP contribution in [0.15, 0.2) is 11.6 Å². The lowest BCUT2D eigenvalue weighted by Crippen LogP contribution is -2.50. The van der Waals surface area contributed by atoms with Crippen LogP contribution in [-0.2, 0) is 14.3 Å². The molecule has 0 aromatic carbocycles. The van der Waals surface area contributed by atoms with Gasteiger partial charge in [0.2, 0.25) is 0 Å². The number of hydrogen-bond acceptors (Lipinski definition) is 4. The summed E-state index contributed by atoms with van der Waals surface area (Å²) in [6.07, 6.45) is 13.9. The molecule has 0 radical (unpaired) electrons. The quantitative estimate of drug-likeness (QED) is 0.389. The molecular weight excluding hydrogens is 410 g/mol. The number of Topliss-reactive ketones (excluding diaryl/α,β-unsaturated/α-hetero) is 1. The first kappa shape index (κ1) is 23.6. The summed E-state index contributed by atoms with van der Waals surface area (Å²) in [6.45, 7) is 12.4. The number of ether oxygens (including phenoxy) is 1. The van der Waals surface area contributed by atoms with Crippen molar-refractivity contribution in [2.45, 2.75) is 104 Å². The Morgan fingerprint density at radius 3 is 2.61 bits per heavy atom. The second-order valence-corrected chi connectivity index (χ2v) is 13.3. The van der Waals surface area contributed by atoms with Crippen molar-refractivity contribution < 1.29 is 14.3 Å². The third-order valence-corrected chi connectivity index (χ3v) is 10.7. The Morgan fingerprint density at radius 2 is 1.82 bits per heavy atom. The molecule has 0 N–H and O–H groups in total. The zero-order valence-corrected chi connectivity index (χ0v) is 21.5. The zero-order chi connectivity index (χ0) is 23.4. The van der Waals surface area contributed by atoms with Gasteiger partial charge in [-0.25, -0.2) is 0 Å². The van der Waals surface area contributed by atoms with Crippen LogP contribution in [0, 0.1) is 34.0 Å². The van der Waals surface area contributed by atoms with E-state index in [9.17, 15) is 9.59 Å². The number of carbonyl (C=O) groups is 2. The van der Waals surface area contributed by atoms with Crippen molar-refractivity contribution >= 4 is 11.8 Å². The molecule has 4 fully saturated rings. The predicted octanol–water partition coefficient (Wildman–Crippen LogP) is 5.94. The average Bonchev–Trinajstić information content (AvgIpc) is 3.06. The zero-order valence-electron chi connectivity index (χ0n) is 21.5. The number of hydrogen-bond donors (Lipinski definition) is 0. The molecule has 3 saturated carbocycles. The first-order chi connectivity index (χ1) is 15.6. The van der Waals surface area contributed by atoms with Crippen molar-refractivity contribution in [3.8, 4) is 0 Å². The third-order valence-electron chi connectivity index (χ3n) is 10.7. The van der Waals surface area contributed by atoms with Gasteiger partial charge >= 0.3 is 5.97 Å². The molecule has 5 rings (SSSR count). The number of carbonyl (C=O) groups excluding carboxylic acids is 2. The molecule has 4 heteroatoms. The Kier molecular flexibility index (Phi) is 6.07. The van der Waals surface area contributed by atoms with Crippen molar-refractivity contribution in [1.29, 1.82) is 0 Å². The summed E-state index contributed by atoms with van der Waals surface area (Å²) in [6, 6.07) is 0. The first-order valence-corrected chi connectivity index (χ1v) is 13.8. The SMILES string of the molecule is CC1(C)CCCN(CCC(=O)O[C@H]2CC[C@@]3(C)C(=CC[C@@H]4[C@H]3CC[C@]3(C)C(=O)CC[C@@H]43)C2)C1. The largest absolute Gasteiger partial charge is 0.462 e. The minimum Gasteiger partial charge on any atom is -0.462 e. The Balaban J connectivity index is 1.18. The highest BCUT2D eigenvalue weighted by atomic mass is 16.5. The van der Waals surface area contributed by atoms with Crippen molar-refractivity contribution in [2.24, 2.45) is 34.0 Å². The van der Waals surface area contributed by atoms with Gasteiger partial charge in [0.15, 0.2) is 0 Å². The van der Waals surface area contributed by atoms with E-state index in [4.69, 9.17) is 4.74 Å². The number of nitrogens with zero attached hydrogens (tertiary/aromatic N) is 1. The normalized spacial score (nSPS) is 42.7. The second kappa shape index (κ2) is 8.50. The summed E-state index contributed by atoms with van der Waals surface area (Å²) in [5.74, 6) is 2.44. The molecule has 5 aliphatic rings. The molecule has 0 amide bonds. The highest BCUT2D eigenvalue weighted by Crippen LogP contribution is 2.64. The van der Waals surface area contributed by atoms with E-state index in [2.05, 4.69) is 38.7 Å². The van der Waals surface area contributed by atoms with Gasteiger partial charge in [-0.05, 0) is 86.5 Å². The van der Waals surface area contributed by atoms with Gasteiger partial charge < -0.3 is 9.64 Å². The number of piperidine rings is 1. The van der Waals surface area contributed by atoms with E-state index in [1.165, 1.54) is 19.3 Å². The van der Waals surface area contributed by atoms with Gasteiger partial charge in [-0.1, -0.05) is 39.3 Å². The van der Waals surface area contributed by atoms with Crippen LogP contribution in [0.4, 0.5) is 0 Å². The summed E-state index contributed by atoms with van der Waals surface area (Å²) < 4.78 is 6.01. The van der Waals surface area contributed by atoms with Crippen LogP contribution in [-0.4, -0.2) is 42.4 Å². The van der Waals surface area contributed by atoms with Crippen LogP contribution in [0.1, 0.15) is 98.3 Å². The maximum atomic E-state index is 12.7. The molecule has 0 unspecified atom stereocenters. The molecule has 1 aliphatic heterocycles. The molecule has 4 nitrogen and oxygen atoms in total. The van der Waals surface area contributed by atoms with Gasteiger partial charge in [0.05, 0.1) is 6.42 Å². The standard InChI is InChI=1S/C29H45NO3/c1-27(2)13-5-16-30(19-27)17-12-26(32)33-21-10-14-28(3)20(18-21)6-7-22-23-8-9-25(31)29(23,4)15-11-24(22)28/h6,21-24H,5,7-19H2,1-4H3/t21-,22-,23-,24+,28-,29-/m0/s1. The van der Waals surface area contributed by atoms with Crippen LogP contribution in [0.5, 0.6) is 0 Å². The fourth-order valence-corrected chi connectivity index (χ4v) is 8.73. The van der Waals surface area contributed by atoms with Gasteiger partial charge in [0, 0.05) is 31.3 Å². The number of rotatable bonds is 4. The lowest BCUT2D eigenvalue weighted by Gasteiger charge is -2.56. The van der Waals surface area contributed by atoms with E-state index in [1.807, 2.05) is 0 Å². The molecule has 0 aromatic rings. The molecule has 0 spiro atoms. The topological polar surface area (TPSA) is 46.6 Å². The number of allylic oxidation sites excluding steroid dienone is 1. The van der Waals surface area contributed by atoms with Gasteiger partial charge in [0.1, 0.15) is 11.9 Å². The highest BCUT2D eigenvalue weighted by Gasteiger charge is 2.58. The summed E-state index contributed by atoms with van der Waals surface area (Å²) >= 11 is 0. The van der Waals surface area contributed by atoms with E-state index in [1.54, 1.807) is 5.57 Å². The second-order valence-electron chi connectivity index (χ2n) is 13.3. The number of ketones is 1. The monoisotopic (exact) mass is 455 g/mol. The van der Waals surface area contributed by atoms with E-state index in [0.717, 1.165) is 64.6 Å². The molecule has 6 atom stereocenters. The minimum atomic E-state index is -0.0564. The lowest BCUT2D eigenvalue weighted by molar-refractivity contribution is -0.152. The van der Waals surface area contributed by atoms with Crippen LogP contribution in [0.25, 0.3) is 0 Å². The molecule has 33 heavy (non-hydrogen) atoms. The van der Waals surface area contributed by atoms with Crippen LogP contribution in [0.3, 0.4) is 0 Å². The molecule has 0 aromatic heterocycles. The van der Waals surface area contributed by atoms with Crippen molar-refractivity contribution in [3.63, 3.8) is 0 Å². The predicted molar refractivity (Wildman–Crippen MR) is 131 cm³/mol. The van der Waals surface area contributed by atoms with Gasteiger partial charge in [-0.3, -0.25) is 9.59 Å². The Morgan fingerprint density at radius 1 is 1.06 bits per heavy atom. The first-order valence-electron chi connectivity index (χ1n) is 13.8. The molecule has 184 valence electrons. The Hall–Kier alpha value is -1.16. The maximum Gasteiger partial charge on any atom is 0.307 e. The maximum absolute atomic E-state index is 12.7. The van der Waals surface area contributed by atoms with E-state index in [0.29, 0.717) is 35.4 Å². The summed E-state index contributed by atoms with van der Waals surface area (Å²) in [5.41, 5.74) is 2.08. The van der Waals surface area contributed by atoms with Gasteiger partial charge in [-0.15, -0.1) is 0 Å². The van der Waals surface area contributed by atoms with Crippen molar-refractivity contribution in [3.05, 3.63) is 11.6 Å². The summed E-state index contributed by atoms with van der Waals surface area (Å²) in [5, 5.41) is 0. The van der Waals surface area contributed by atoms with E-state index >= 15 is 0 Å². The fourth-order valence-electron chi connectivity index (χ4n) is 8.73. The molecule has 1 heterocycles. The highest BCUT2D eigenvalue weighted by molar-refractivity contribution is 5.87. The Labute approximate surface area is 200 Å². The van der Waals surface area contributed by atoms with Crippen molar-refractivity contribution in [2.75, 3.05) is 19.6 Å². The molecule has 0 bridgehead atoms. The smallest absolute Gasteiger partial charge is 0.307 e. The van der Waals surface area contributed by atoms with Crippen LogP contribution < -0.4 is 0 Å².